The van der Waals surface area contributed by atoms with Crippen molar-refractivity contribution in [3.63, 3.8) is 0 Å². The molecule has 0 aliphatic rings. The van der Waals surface area contributed by atoms with Crippen LogP contribution in [0.4, 0.5) is 14.5 Å². The summed E-state index contributed by atoms with van der Waals surface area (Å²) in [5, 5.41) is 12.6. The molecular weight excluding hydrogens is 304 g/mol. The molecule has 0 aliphatic heterocycles. The molecule has 0 radical (unpaired) electrons. The minimum atomic E-state index is -2.82. The zero-order chi connectivity index (χ0) is 16.7. The molecule has 0 fully saturated rings. The monoisotopic (exact) mass is 323 g/mol. The Labute approximate surface area is 133 Å². The third-order valence-electron chi connectivity index (χ3n) is 3.18. The molecule has 0 saturated heterocycles. The molecule has 0 aromatic heterocycles. The molecule has 0 saturated carbocycles. The van der Waals surface area contributed by atoms with E-state index < -0.39 is 6.61 Å². The van der Waals surface area contributed by atoms with E-state index >= 15 is 0 Å². The number of alkyl halides is 2. The number of nitrogens with one attached hydrogen (secondary N) is 1. The average Bonchev–Trinajstić information content (AvgIpc) is 2.55. The third-order valence-corrected chi connectivity index (χ3v) is 3.18. The third kappa shape index (κ3) is 5.10. The maximum Gasteiger partial charge on any atom is 0.387 e. The second kappa shape index (κ2) is 8.33. The Morgan fingerprint density at radius 2 is 1.87 bits per heavy atom. The van der Waals surface area contributed by atoms with Crippen LogP contribution in [0.5, 0.6) is 11.5 Å². The van der Waals surface area contributed by atoms with E-state index in [9.17, 15) is 13.9 Å². The summed E-state index contributed by atoms with van der Waals surface area (Å²) in [7, 11) is 0. The lowest BCUT2D eigenvalue weighted by Crippen LogP contribution is -2.03. The molecule has 23 heavy (non-hydrogen) atoms. The van der Waals surface area contributed by atoms with Crippen LogP contribution in [0.3, 0.4) is 0 Å². The number of anilines is 1. The van der Waals surface area contributed by atoms with E-state index in [1.54, 1.807) is 18.2 Å². The highest BCUT2D eigenvalue weighted by atomic mass is 19.3. The van der Waals surface area contributed by atoms with Gasteiger partial charge in [0, 0.05) is 17.8 Å². The van der Waals surface area contributed by atoms with Crippen LogP contribution in [0, 0.1) is 0 Å². The number of rotatable bonds is 8. The Balaban J connectivity index is 1.97. The molecule has 0 unspecified atom stereocenters. The summed E-state index contributed by atoms with van der Waals surface area (Å²) in [6.07, 6.45) is 0. The van der Waals surface area contributed by atoms with Crippen molar-refractivity contribution in [2.24, 2.45) is 0 Å². The van der Waals surface area contributed by atoms with Crippen molar-refractivity contribution < 1.29 is 23.4 Å². The van der Waals surface area contributed by atoms with Crippen molar-refractivity contribution in [1.29, 1.82) is 0 Å². The summed E-state index contributed by atoms with van der Waals surface area (Å²) in [6.45, 7) is 0.0135. The molecule has 0 aliphatic carbocycles. The van der Waals surface area contributed by atoms with Crippen LogP contribution < -0.4 is 14.8 Å². The van der Waals surface area contributed by atoms with Gasteiger partial charge in [-0.3, -0.25) is 0 Å². The van der Waals surface area contributed by atoms with Crippen molar-refractivity contribution in [2.45, 2.75) is 26.7 Å². The van der Waals surface area contributed by atoms with Gasteiger partial charge < -0.3 is 19.9 Å². The molecule has 0 spiro atoms. The second-order valence-corrected chi connectivity index (χ2v) is 4.79. The molecule has 2 rings (SSSR count). The first kappa shape index (κ1) is 17.0. The zero-order valence-corrected chi connectivity index (χ0v) is 12.8. The summed E-state index contributed by atoms with van der Waals surface area (Å²) < 4.78 is 33.9. The molecule has 124 valence electrons. The highest BCUT2D eigenvalue weighted by Crippen LogP contribution is 2.23. The van der Waals surface area contributed by atoms with Crippen LogP contribution in [0.25, 0.3) is 0 Å². The summed E-state index contributed by atoms with van der Waals surface area (Å²) in [5.41, 5.74) is 2.47. The molecule has 2 aromatic carbocycles. The molecule has 6 heteroatoms. The molecule has 4 nitrogen and oxygen atoms in total. The van der Waals surface area contributed by atoms with Gasteiger partial charge in [-0.15, -0.1) is 0 Å². The number of hydrogen-bond acceptors (Lipinski definition) is 4. The van der Waals surface area contributed by atoms with Gasteiger partial charge in [-0.05, 0) is 42.8 Å². The molecule has 0 amide bonds. The number of halogens is 2. The Hall–Kier alpha value is -2.34. The Kier molecular flexibility index (Phi) is 6.17. The predicted octanol–water partition coefficient (Wildman–Crippen LogP) is 3.79. The fraction of sp³-hybridized carbons (Fsp3) is 0.294. The number of ether oxygens (including phenoxy) is 2. The Morgan fingerprint density at radius 3 is 2.48 bits per heavy atom. The molecule has 2 N–H and O–H groups in total. The Bertz CT molecular complexity index is 618. The number of benzene rings is 2. The summed E-state index contributed by atoms with van der Waals surface area (Å²) in [6, 6.07) is 11.9. The summed E-state index contributed by atoms with van der Waals surface area (Å²) in [5.74, 6) is 0.793. The van der Waals surface area contributed by atoms with Crippen LogP contribution in [-0.2, 0) is 13.2 Å². The SMILES string of the molecule is CCOc1ccc(NCc2ccc(OC(F)F)cc2)cc1CO. The molecule has 0 atom stereocenters. The second-order valence-electron chi connectivity index (χ2n) is 4.79. The van der Waals surface area contributed by atoms with E-state index in [-0.39, 0.29) is 12.4 Å². The van der Waals surface area contributed by atoms with Crippen molar-refractivity contribution in [1.82, 2.24) is 0 Å². The number of aliphatic hydroxyl groups is 1. The summed E-state index contributed by atoms with van der Waals surface area (Å²) >= 11 is 0. The number of hydrogen-bond donors (Lipinski definition) is 2. The summed E-state index contributed by atoms with van der Waals surface area (Å²) in [4.78, 5) is 0. The smallest absolute Gasteiger partial charge is 0.387 e. The van der Waals surface area contributed by atoms with E-state index in [2.05, 4.69) is 10.1 Å². The highest BCUT2D eigenvalue weighted by molar-refractivity contribution is 5.51. The number of aliphatic hydroxyl groups excluding tert-OH is 1. The molecule has 0 heterocycles. The van der Waals surface area contributed by atoms with E-state index in [0.717, 1.165) is 11.3 Å². The topological polar surface area (TPSA) is 50.7 Å². The van der Waals surface area contributed by atoms with Gasteiger partial charge in [0.15, 0.2) is 0 Å². The van der Waals surface area contributed by atoms with Gasteiger partial charge in [-0.2, -0.15) is 8.78 Å². The van der Waals surface area contributed by atoms with Crippen molar-refractivity contribution in [2.75, 3.05) is 11.9 Å². The first-order valence-corrected chi connectivity index (χ1v) is 7.26. The van der Waals surface area contributed by atoms with Gasteiger partial charge in [-0.1, -0.05) is 12.1 Å². The van der Waals surface area contributed by atoms with E-state index in [1.165, 1.54) is 12.1 Å². The first-order chi connectivity index (χ1) is 11.1. The average molecular weight is 323 g/mol. The molecular formula is C17H19F2NO3. The van der Waals surface area contributed by atoms with Crippen LogP contribution in [-0.4, -0.2) is 18.3 Å². The fourth-order valence-corrected chi connectivity index (χ4v) is 2.10. The standard InChI is InChI=1S/C17H19F2NO3/c1-2-22-16-8-5-14(9-13(16)11-21)20-10-12-3-6-15(7-4-12)23-17(18)19/h3-9,17,20-21H,2,10-11H2,1H3. The van der Waals surface area contributed by atoms with Gasteiger partial charge in [0.25, 0.3) is 0 Å². The lowest BCUT2D eigenvalue weighted by atomic mass is 10.1. The van der Waals surface area contributed by atoms with Gasteiger partial charge in [0.2, 0.25) is 0 Å². The maximum atomic E-state index is 12.1. The normalized spacial score (nSPS) is 10.7. The Morgan fingerprint density at radius 1 is 1.13 bits per heavy atom. The maximum absolute atomic E-state index is 12.1. The molecule has 2 aromatic rings. The van der Waals surface area contributed by atoms with Crippen molar-refractivity contribution in [3.05, 3.63) is 53.6 Å². The minimum absolute atomic E-state index is 0.107. The van der Waals surface area contributed by atoms with E-state index in [0.29, 0.717) is 24.5 Å². The fourth-order valence-electron chi connectivity index (χ4n) is 2.10. The van der Waals surface area contributed by atoms with Crippen LogP contribution in [0.2, 0.25) is 0 Å². The minimum Gasteiger partial charge on any atom is -0.494 e. The zero-order valence-electron chi connectivity index (χ0n) is 12.8. The van der Waals surface area contributed by atoms with Crippen LogP contribution in [0.1, 0.15) is 18.1 Å². The first-order valence-electron chi connectivity index (χ1n) is 7.26. The van der Waals surface area contributed by atoms with Gasteiger partial charge in [-0.25, -0.2) is 0 Å². The lowest BCUT2D eigenvalue weighted by molar-refractivity contribution is -0.0498. The van der Waals surface area contributed by atoms with Gasteiger partial charge in [0.05, 0.1) is 13.2 Å². The highest BCUT2D eigenvalue weighted by Gasteiger charge is 2.05. The van der Waals surface area contributed by atoms with Crippen molar-refractivity contribution in [3.8, 4) is 11.5 Å². The largest absolute Gasteiger partial charge is 0.494 e. The molecule has 0 bridgehead atoms. The van der Waals surface area contributed by atoms with Crippen LogP contribution in [0.15, 0.2) is 42.5 Å². The van der Waals surface area contributed by atoms with Gasteiger partial charge >= 0.3 is 6.61 Å². The predicted molar refractivity (Wildman–Crippen MR) is 83.9 cm³/mol. The van der Waals surface area contributed by atoms with E-state index in [1.807, 2.05) is 19.1 Å². The quantitative estimate of drug-likeness (QED) is 0.776. The van der Waals surface area contributed by atoms with Crippen LogP contribution >= 0.6 is 0 Å². The van der Waals surface area contributed by atoms with Gasteiger partial charge in [0.1, 0.15) is 11.5 Å². The van der Waals surface area contributed by atoms with Crippen molar-refractivity contribution >= 4 is 5.69 Å². The van der Waals surface area contributed by atoms with E-state index in [4.69, 9.17) is 4.74 Å². The lowest BCUT2D eigenvalue weighted by Gasteiger charge is -2.12.